The molecule has 1 aliphatic heterocycles. The number of carbonyl (C=O) groups is 1. The van der Waals surface area contributed by atoms with Gasteiger partial charge in [-0.1, -0.05) is 18.6 Å². The van der Waals surface area contributed by atoms with Crippen LogP contribution in [0.2, 0.25) is 0 Å². The number of likely N-dealkylation sites (tertiary alicyclic amines) is 1. The number of fused-ring (bicyclic) bond motifs is 2. The molecule has 0 spiro atoms. The molecule has 0 atom stereocenters. The molecule has 5 heteroatoms. The van der Waals surface area contributed by atoms with Crippen LogP contribution in [0.5, 0.6) is 0 Å². The molecular formula is C24H26N4O. The maximum atomic E-state index is 13.1. The quantitative estimate of drug-likeness (QED) is 0.494. The van der Waals surface area contributed by atoms with Crippen molar-refractivity contribution in [2.24, 2.45) is 0 Å². The third kappa shape index (κ3) is 3.40. The molecule has 2 aromatic heterocycles. The van der Waals surface area contributed by atoms with Gasteiger partial charge in [0.2, 0.25) is 5.78 Å². The largest absolute Gasteiger partial charge is 0.384 e. The Kier molecular flexibility index (Phi) is 4.98. The number of nitrogens with zero attached hydrogens (tertiary/aromatic N) is 3. The van der Waals surface area contributed by atoms with Crippen molar-refractivity contribution < 1.29 is 4.79 Å². The van der Waals surface area contributed by atoms with Crippen molar-refractivity contribution >= 4 is 22.2 Å². The van der Waals surface area contributed by atoms with Crippen molar-refractivity contribution in [2.75, 3.05) is 31.5 Å². The molecule has 0 bridgehead atoms. The second-order valence-corrected chi connectivity index (χ2v) is 8.01. The number of hydrogen-bond donors (Lipinski definition) is 1. The van der Waals surface area contributed by atoms with E-state index in [1.807, 2.05) is 30.5 Å². The molecule has 1 aliphatic carbocycles. The van der Waals surface area contributed by atoms with Crippen molar-refractivity contribution in [3.8, 4) is 11.3 Å². The number of hydrogen-bond acceptors (Lipinski definition) is 5. The zero-order chi connectivity index (χ0) is 19.6. The summed E-state index contributed by atoms with van der Waals surface area (Å²) in [7, 11) is 0. The van der Waals surface area contributed by atoms with Gasteiger partial charge in [0.1, 0.15) is 5.69 Å². The summed E-state index contributed by atoms with van der Waals surface area (Å²) >= 11 is 0. The molecule has 29 heavy (non-hydrogen) atoms. The monoisotopic (exact) mass is 386 g/mol. The van der Waals surface area contributed by atoms with Gasteiger partial charge in [-0.2, -0.15) is 0 Å². The topological polar surface area (TPSA) is 58.1 Å². The van der Waals surface area contributed by atoms with E-state index in [-0.39, 0.29) is 5.78 Å². The average Bonchev–Trinajstić information content (AvgIpc) is 2.77. The summed E-state index contributed by atoms with van der Waals surface area (Å²) in [5.74, 6) is -0.0140. The number of unbranched alkanes of at least 4 members (excludes halogenated alkanes) is 1. The summed E-state index contributed by atoms with van der Waals surface area (Å²) in [6.45, 7) is 4.59. The first-order chi connectivity index (χ1) is 14.3. The second kappa shape index (κ2) is 7.91. The van der Waals surface area contributed by atoms with Crippen LogP contribution in [0.25, 0.3) is 22.0 Å². The first kappa shape index (κ1) is 18.3. The molecule has 1 aromatic carbocycles. The summed E-state index contributed by atoms with van der Waals surface area (Å²) in [4.78, 5) is 24.7. The molecule has 1 fully saturated rings. The van der Waals surface area contributed by atoms with Crippen LogP contribution in [0.15, 0.2) is 42.7 Å². The van der Waals surface area contributed by atoms with Crippen LogP contribution < -0.4 is 5.32 Å². The third-order valence-electron chi connectivity index (χ3n) is 6.10. The molecule has 1 saturated heterocycles. The highest BCUT2D eigenvalue weighted by Crippen LogP contribution is 2.40. The second-order valence-electron chi connectivity index (χ2n) is 8.01. The minimum absolute atomic E-state index is 0.0140. The van der Waals surface area contributed by atoms with Crippen molar-refractivity contribution in [3.63, 3.8) is 0 Å². The van der Waals surface area contributed by atoms with Gasteiger partial charge in [-0.05, 0) is 68.9 Å². The Morgan fingerprint density at radius 3 is 2.55 bits per heavy atom. The fraction of sp³-hybridized carbons (Fsp3) is 0.375. The molecule has 0 amide bonds. The van der Waals surface area contributed by atoms with Gasteiger partial charge in [-0.3, -0.25) is 14.8 Å². The number of aromatic nitrogens is 2. The molecule has 0 unspecified atom stereocenters. The molecule has 0 radical (unpaired) electrons. The Morgan fingerprint density at radius 2 is 1.72 bits per heavy atom. The van der Waals surface area contributed by atoms with Gasteiger partial charge in [0, 0.05) is 41.1 Å². The SMILES string of the molecule is O=C1c2cccc(NCCCCN3CCCCC3)c2-c2nccc3ccnc1c23. The van der Waals surface area contributed by atoms with Crippen LogP contribution >= 0.6 is 0 Å². The Hall–Kier alpha value is -2.79. The van der Waals surface area contributed by atoms with Gasteiger partial charge in [0.15, 0.2) is 0 Å². The van der Waals surface area contributed by atoms with E-state index in [4.69, 9.17) is 0 Å². The van der Waals surface area contributed by atoms with Gasteiger partial charge in [-0.15, -0.1) is 0 Å². The third-order valence-corrected chi connectivity index (χ3v) is 6.10. The van der Waals surface area contributed by atoms with Gasteiger partial charge in [0.25, 0.3) is 0 Å². The van der Waals surface area contributed by atoms with E-state index in [1.54, 1.807) is 6.20 Å². The first-order valence-corrected chi connectivity index (χ1v) is 10.7. The van der Waals surface area contributed by atoms with E-state index in [9.17, 15) is 4.79 Å². The molecule has 5 nitrogen and oxygen atoms in total. The van der Waals surface area contributed by atoms with Crippen LogP contribution in [-0.2, 0) is 0 Å². The highest BCUT2D eigenvalue weighted by molar-refractivity contribution is 6.25. The fourth-order valence-corrected chi connectivity index (χ4v) is 4.62. The van der Waals surface area contributed by atoms with Crippen LogP contribution in [0, 0.1) is 0 Å². The number of pyridine rings is 2. The maximum absolute atomic E-state index is 13.1. The smallest absolute Gasteiger partial charge is 0.212 e. The molecule has 3 aromatic rings. The van der Waals surface area contributed by atoms with Gasteiger partial charge in [-0.25, -0.2) is 0 Å². The number of nitrogens with one attached hydrogen (secondary N) is 1. The molecule has 1 N–H and O–H groups in total. The minimum Gasteiger partial charge on any atom is -0.384 e. The van der Waals surface area contributed by atoms with Gasteiger partial charge in [0.05, 0.1) is 5.69 Å². The van der Waals surface area contributed by atoms with Crippen LogP contribution in [0.3, 0.4) is 0 Å². The average molecular weight is 386 g/mol. The molecule has 3 heterocycles. The molecule has 2 aliphatic rings. The lowest BCUT2D eigenvalue weighted by Gasteiger charge is -2.26. The Morgan fingerprint density at radius 1 is 0.931 bits per heavy atom. The standard InChI is InChI=1S/C24H26N4O/c29-24-18-7-6-8-19(25-11-2-5-16-28-14-3-1-4-15-28)21(18)22-20-17(9-12-26-22)10-13-27-23(20)24/h6-10,12-13,25H,1-5,11,14-16H2. The number of benzene rings is 1. The highest BCUT2D eigenvalue weighted by Gasteiger charge is 2.29. The number of anilines is 1. The maximum Gasteiger partial charge on any atom is 0.212 e. The number of rotatable bonds is 6. The van der Waals surface area contributed by atoms with Crippen LogP contribution in [0.1, 0.15) is 48.2 Å². The van der Waals surface area contributed by atoms with E-state index in [0.29, 0.717) is 11.3 Å². The van der Waals surface area contributed by atoms with Crippen molar-refractivity contribution in [3.05, 3.63) is 54.0 Å². The predicted octanol–water partition coefficient (Wildman–Crippen LogP) is 4.52. The molecule has 0 saturated carbocycles. The highest BCUT2D eigenvalue weighted by atomic mass is 16.1. The summed E-state index contributed by atoms with van der Waals surface area (Å²) in [5, 5.41) is 5.45. The Labute approximate surface area is 171 Å². The Bertz CT molecular complexity index is 1050. The van der Waals surface area contributed by atoms with E-state index in [0.717, 1.165) is 40.7 Å². The number of ketones is 1. The lowest BCUT2D eigenvalue weighted by atomic mass is 9.87. The molecular weight excluding hydrogens is 360 g/mol. The zero-order valence-electron chi connectivity index (χ0n) is 16.7. The van der Waals surface area contributed by atoms with E-state index < -0.39 is 0 Å². The normalized spacial score (nSPS) is 16.1. The lowest BCUT2D eigenvalue weighted by Crippen LogP contribution is -2.30. The molecule has 148 valence electrons. The summed E-state index contributed by atoms with van der Waals surface area (Å²) < 4.78 is 0. The predicted molar refractivity (Wildman–Crippen MR) is 116 cm³/mol. The number of carbonyl (C=O) groups excluding carboxylic acids is 1. The summed E-state index contributed by atoms with van der Waals surface area (Å²) in [6, 6.07) is 9.77. The van der Waals surface area contributed by atoms with E-state index >= 15 is 0 Å². The van der Waals surface area contributed by atoms with Gasteiger partial charge < -0.3 is 10.2 Å². The fourth-order valence-electron chi connectivity index (χ4n) is 4.62. The van der Waals surface area contributed by atoms with Crippen LogP contribution in [0.4, 0.5) is 5.69 Å². The minimum atomic E-state index is -0.0140. The summed E-state index contributed by atoms with van der Waals surface area (Å²) in [6.07, 6.45) is 9.90. The van der Waals surface area contributed by atoms with E-state index in [1.165, 1.54) is 45.3 Å². The molecule has 5 rings (SSSR count). The van der Waals surface area contributed by atoms with E-state index in [2.05, 4.69) is 26.3 Å². The van der Waals surface area contributed by atoms with Crippen molar-refractivity contribution in [1.82, 2.24) is 14.9 Å². The van der Waals surface area contributed by atoms with Crippen LogP contribution in [-0.4, -0.2) is 46.8 Å². The zero-order valence-corrected chi connectivity index (χ0v) is 16.7. The first-order valence-electron chi connectivity index (χ1n) is 10.7. The lowest BCUT2D eigenvalue weighted by molar-refractivity contribution is 0.103. The van der Waals surface area contributed by atoms with Gasteiger partial charge >= 0.3 is 0 Å². The summed E-state index contributed by atoms with van der Waals surface area (Å²) in [5.41, 5.74) is 3.96. The number of piperidine rings is 1. The van der Waals surface area contributed by atoms with Crippen molar-refractivity contribution in [1.29, 1.82) is 0 Å². The van der Waals surface area contributed by atoms with Crippen molar-refractivity contribution in [2.45, 2.75) is 32.1 Å². The Balaban J connectivity index is 1.36.